The van der Waals surface area contributed by atoms with E-state index >= 15 is 0 Å². The minimum Gasteiger partial charge on any atom is -0.398 e. The van der Waals surface area contributed by atoms with Gasteiger partial charge < -0.3 is 10.6 Å². The number of hydrogen-bond acceptors (Lipinski definition) is 4. The summed E-state index contributed by atoms with van der Waals surface area (Å²) < 4.78 is 26.8. The Morgan fingerprint density at radius 1 is 1.45 bits per heavy atom. The minimum absolute atomic E-state index is 0.0121. The monoisotopic (exact) mass is 299 g/mol. The molecule has 1 unspecified atom stereocenters. The number of amides is 1. The smallest absolute Gasteiger partial charge is 0.243 e. The molecule has 0 spiro atoms. The Balaban J connectivity index is 2.98. The lowest BCUT2D eigenvalue weighted by Crippen LogP contribution is -2.45. The maximum atomic E-state index is 12.2. The first kappa shape index (κ1) is 16.5. The zero-order chi connectivity index (χ0) is 15.5. The van der Waals surface area contributed by atoms with Crippen LogP contribution in [0.5, 0.6) is 0 Å². The zero-order valence-electron chi connectivity index (χ0n) is 12.2. The number of benzene rings is 1. The van der Waals surface area contributed by atoms with Gasteiger partial charge in [0.25, 0.3) is 0 Å². The van der Waals surface area contributed by atoms with E-state index in [1.54, 1.807) is 19.2 Å². The van der Waals surface area contributed by atoms with Crippen LogP contribution in [0.4, 0.5) is 5.69 Å². The van der Waals surface area contributed by atoms with E-state index in [2.05, 4.69) is 4.72 Å². The summed E-state index contributed by atoms with van der Waals surface area (Å²) in [5.74, 6) is -0.290. The van der Waals surface area contributed by atoms with Gasteiger partial charge in [-0.2, -0.15) is 4.72 Å². The fourth-order valence-electron chi connectivity index (χ4n) is 1.75. The number of nitrogens with two attached hydrogens (primary N) is 1. The second kappa shape index (κ2) is 6.23. The van der Waals surface area contributed by atoms with Crippen molar-refractivity contribution in [2.24, 2.45) is 0 Å². The average molecular weight is 299 g/mol. The second-order valence-electron chi connectivity index (χ2n) is 4.74. The number of nitrogen functional groups attached to an aromatic ring is 1. The molecular weight excluding hydrogens is 278 g/mol. The molecular formula is C13H21N3O3S. The van der Waals surface area contributed by atoms with Crippen LogP contribution in [-0.4, -0.2) is 38.9 Å². The van der Waals surface area contributed by atoms with Gasteiger partial charge in [-0.25, -0.2) is 8.42 Å². The molecule has 0 aromatic heterocycles. The third-order valence-corrected chi connectivity index (χ3v) is 4.62. The van der Waals surface area contributed by atoms with Crippen molar-refractivity contribution in [2.45, 2.75) is 31.7 Å². The number of rotatable bonds is 5. The summed E-state index contributed by atoms with van der Waals surface area (Å²) in [6.07, 6.45) is 0. The van der Waals surface area contributed by atoms with Crippen molar-refractivity contribution < 1.29 is 13.2 Å². The van der Waals surface area contributed by atoms with Crippen LogP contribution in [0.1, 0.15) is 19.4 Å². The van der Waals surface area contributed by atoms with Gasteiger partial charge in [-0.15, -0.1) is 0 Å². The van der Waals surface area contributed by atoms with Gasteiger partial charge in [0, 0.05) is 13.6 Å². The van der Waals surface area contributed by atoms with Gasteiger partial charge in [-0.1, -0.05) is 6.07 Å². The van der Waals surface area contributed by atoms with Crippen molar-refractivity contribution >= 4 is 21.6 Å². The highest BCUT2D eigenvalue weighted by atomic mass is 32.2. The number of anilines is 1. The third kappa shape index (κ3) is 3.71. The molecule has 0 saturated heterocycles. The predicted octanol–water partition coefficient (Wildman–Crippen LogP) is 0.722. The van der Waals surface area contributed by atoms with Gasteiger partial charge in [0.2, 0.25) is 15.9 Å². The number of carbonyl (C=O) groups is 1. The summed E-state index contributed by atoms with van der Waals surface area (Å²) in [5.41, 5.74) is 6.77. The molecule has 0 aliphatic carbocycles. The van der Waals surface area contributed by atoms with Crippen molar-refractivity contribution in [3.63, 3.8) is 0 Å². The van der Waals surface area contributed by atoms with Crippen LogP contribution in [0.25, 0.3) is 0 Å². The van der Waals surface area contributed by atoms with Crippen molar-refractivity contribution in [3.05, 3.63) is 23.8 Å². The molecule has 6 nitrogen and oxygen atoms in total. The number of sulfonamides is 1. The summed E-state index contributed by atoms with van der Waals surface area (Å²) in [7, 11) is -2.20. The summed E-state index contributed by atoms with van der Waals surface area (Å²) in [6, 6.07) is 3.84. The molecule has 0 aliphatic rings. The van der Waals surface area contributed by atoms with Crippen LogP contribution in [0.3, 0.4) is 0 Å². The van der Waals surface area contributed by atoms with E-state index in [1.165, 1.54) is 17.9 Å². The van der Waals surface area contributed by atoms with E-state index in [-0.39, 0.29) is 16.5 Å². The van der Waals surface area contributed by atoms with Crippen LogP contribution in [0, 0.1) is 6.92 Å². The van der Waals surface area contributed by atoms with Gasteiger partial charge >= 0.3 is 0 Å². The van der Waals surface area contributed by atoms with Gasteiger partial charge in [-0.3, -0.25) is 4.79 Å². The van der Waals surface area contributed by atoms with Gasteiger partial charge in [0.15, 0.2) is 0 Å². The Labute approximate surface area is 120 Å². The molecule has 0 fully saturated rings. The third-order valence-electron chi connectivity index (χ3n) is 3.01. The summed E-state index contributed by atoms with van der Waals surface area (Å²) in [4.78, 5) is 13.3. The fourth-order valence-corrected chi connectivity index (χ4v) is 3.06. The van der Waals surface area contributed by atoms with E-state index in [9.17, 15) is 13.2 Å². The molecule has 7 heteroatoms. The number of nitrogens with zero attached hydrogens (tertiary/aromatic N) is 1. The van der Waals surface area contributed by atoms with E-state index in [0.717, 1.165) is 5.56 Å². The van der Waals surface area contributed by atoms with Crippen LogP contribution in [-0.2, 0) is 14.8 Å². The first-order valence-corrected chi connectivity index (χ1v) is 7.80. The van der Waals surface area contributed by atoms with Crippen LogP contribution < -0.4 is 10.5 Å². The van der Waals surface area contributed by atoms with Crippen molar-refractivity contribution in [2.75, 3.05) is 19.3 Å². The molecule has 0 radical (unpaired) electrons. The first-order chi connectivity index (χ1) is 9.19. The van der Waals surface area contributed by atoms with Crippen molar-refractivity contribution in [1.29, 1.82) is 0 Å². The molecule has 0 saturated carbocycles. The predicted molar refractivity (Wildman–Crippen MR) is 78.7 cm³/mol. The van der Waals surface area contributed by atoms with Crippen molar-refractivity contribution in [3.8, 4) is 0 Å². The van der Waals surface area contributed by atoms with Crippen molar-refractivity contribution in [1.82, 2.24) is 9.62 Å². The Hall–Kier alpha value is -1.60. The number of nitrogens with one attached hydrogen (secondary N) is 1. The number of carbonyl (C=O) groups excluding carboxylic acids is 1. The van der Waals surface area contributed by atoms with Crippen LogP contribution >= 0.6 is 0 Å². The lowest BCUT2D eigenvalue weighted by atomic mass is 10.2. The highest BCUT2D eigenvalue weighted by molar-refractivity contribution is 7.89. The normalized spacial score (nSPS) is 13.0. The molecule has 1 aromatic carbocycles. The van der Waals surface area contributed by atoms with Gasteiger partial charge in [0.1, 0.15) is 4.90 Å². The fraction of sp³-hybridized carbons (Fsp3) is 0.462. The number of aryl methyl sites for hydroxylation is 1. The SMILES string of the molecule is CCN(C)C(=O)C(C)NS(=O)(=O)c1ccc(C)cc1N. The van der Waals surface area contributed by atoms with Gasteiger partial charge in [-0.05, 0) is 38.5 Å². The summed E-state index contributed by atoms with van der Waals surface area (Å²) >= 11 is 0. The number of hydrogen-bond donors (Lipinski definition) is 2. The lowest BCUT2D eigenvalue weighted by molar-refractivity contribution is -0.131. The first-order valence-electron chi connectivity index (χ1n) is 6.32. The molecule has 112 valence electrons. The van der Waals surface area contributed by atoms with E-state index in [0.29, 0.717) is 6.54 Å². The molecule has 0 heterocycles. The highest BCUT2D eigenvalue weighted by Crippen LogP contribution is 2.19. The molecule has 1 atom stereocenters. The van der Waals surface area contributed by atoms with E-state index in [4.69, 9.17) is 5.73 Å². The molecule has 0 aliphatic heterocycles. The largest absolute Gasteiger partial charge is 0.398 e. The lowest BCUT2D eigenvalue weighted by Gasteiger charge is -2.20. The molecule has 0 bridgehead atoms. The Morgan fingerprint density at radius 2 is 2.05 bits per heavy atom. The standard InChI is InChI=1S/C13H21N3O3S/c1-5-16(4)13(17)10(3)15-20(18,19)12-7-6-9(2)8-11(12)14/h6-8,10,15H,5,14H2,1-4H3. The maximum Gasteiger partial charge on any atom is 0.243 e. The van der Waals surface area contributed by atoms with Gasteiger partial charge in [0.05, 0.1) is 11.7 Å². The van der Waals surface area contributed by atoms with E-state index < -0.39 is 16.1 Å². The Bertz CT molecular complexity index is 599. The Morgan fingerprint density at radius 3 is 2.55 bits per heavy atom. The zero-order valence-corrected chi connectivity index (χ0v) is 13.0. The highest BCUT2D eigenvalue weighted by Gasteiger charge is 2.25. The minimum atomic E-state index is -3.82. The summed E-state index contributed by atoms with van der Waals surface area (Å²) in [6.45, 7) is 5.66. The second-order valence-corrected chi connectivity index (χ2v) is 6.42. The number of likely N-dealkylation sites (N-methyl/N-ethyl adjacent to an activating group) is 1. The topological polar surface area (TPSA) is 92.5 Å². The Kier molecular flexibility index (Phi) is 5.13. The van der Waals surface area contributed by atoms with Crippen LogP contribution in [0.15, 0.2) is 23.1 Å². The molecule has 1 rings (SSSR count). The molecule has 1 aromatic rings. The maximum absolute atomic E-state index is 12.2. The molecule has 3 N–H and O–H groups in total. The average Bonchev–Trinajstić information content (AvgIpc) is 2.35. The quantitative estimate of drug-likeness (QED) is 0.784. The molecule has 1 amide bonds. The van der Waals surface area contributed by atoms with E-state index in [1.807, 2.05) is 13.8 Å². The summed E-state index contributed by atoms with van der Waals surface area (Å²) in [5, 5.41) is 0. The molecule has 20 heavy (non-hydrogen) atoms. The van der Waals surface area contributed by atoms with Crippen LogP contribution in [0.2, 0.25) is 0 Å².